The van der Waals surface area contributed by atoms with Gasteiger partial charge in [-0.2, -0.15) is 5.10 Å². The summed E-state index contributed by atoms with van der Waals surface area (Å²) >= 11 is 0. The zero-order valence-electron chi connectivity index (χ0n) is 17.7. The zero-order chi connectivity index (χ0) is 19.6. The van der Waals surface area contributed by atoms with Crippen molar-refractivity contribution in [2.45, 2.75) is 52.2 Å². The Bertz CT molecular complexity index is 749. The van der Waals surface area contributed by atoms with Crippen LogP contribution in [0.15, 0.2) is 41.5 Å². The monoisotopic (exact) mass is 510 g/mol. The molecule has 2 heterocycles. The van der Waals surface area contributed by atoms with Crippen LogP contribution in [0.1, 0.15) is 49.4 Å². The fourth-order valence-electron chi connectivity index (χ4n) is 3.64. The molecule has 0 bridgehead atoms. The number of benzene rings is 1. The van der Waals surface area contributed by atoms with Gasteiger partial charge < -0.3 is 10.6 Å². The van der Waals surface area contributed by atoms with E-state index in [0.717, 1.165) is 24.7 Å². The minimum absolute atomic E-state index is 0. The van der Waals surface area contributed by atoms with Crippen LogP contribution in [0.2, 0.25) is 0 Å². The van der Waals surface area contributed by atoms with Gasteiger partial charge in [-0.25, -0.2) is 4.99 Å². The number of nitrogens with zero attached hydrogens (tertiary/aromatic N) is 4. The molecule has 0 unspecified atom stereocenters. The summed E-state index contributed by atoms with van der Waals surface area (Å²) in [6.07, 6.45) is 7.24. The third-order valence-electron chi connectivity index (χ3n) is 5.22. The molecule has 160 valence electrons. The highest BCUT2D eigenvalue weighted by Crippen LogP contribution is 2.14. The first kappa shape index (κ1) is 23.7. The number of rotatable bonds is 7. The van der Waals surface area contributed by atoms with E-state index in [9.17, 15) is 0 Å². The molecule has 29 heavy (non-hydrogen) atoms. The molecule has 0 amide bonds. The van der Waals surface area contributed by atoms with E-state index in [4.69, 9.17) is 4.99 Å². The first-order chi connectivity index (χ1) is 13.7. The Balaban J connectivity index is 0.00000300. The molecule has 0 saturated carbocycles. The Kier molecular flexibility index (Phi) is 10.5. The molecule has 0 atom stereocenters. The third kappa shape index (κ3) is 7.97. The van der Waals surface area contributed by atoms with Crippen molar-refractivity contribution in [1.29, 1.82) is 0 Å². The Morgan fingerprint density at radius 2 is 1.83 bits per heavy atom. The maximum Gasteiger partial charge on any atom is 0.191 e. The molecular weight excluding hydrogens is 475 g/mol. The molecule has 7 heteroatoms. The number of likely N-dealkylation sites (tertiary alicyclic amines) is 1. The normalized spacial score (nSPS) is 15.4. The van der Waals surface area contributed by atoms with E-state index in [1.807, 2.05) is 24.0 Å². The fourth-order valence-corrected chi connectivity index (χ4v) is 3.64. The number of hydrogen-bond acceptors (Lipinski definition) is 3. The second-order valence-corrected chi connectivity index (χ2v) is 7.51. The number of aryl methyl sites for hydroxylation is 1. The molecule has 0 spiro atoms. The average Bonchev–Trinajstić information content (AvgIpc) is 2.94. The summed E-state index contributed by atoms with van der Waals surface area (Å²) in [4.78, 5) is 7.36. The summed E-state index contributed by atoms with van der Waals surface area (Å²) in [6, 6.07) is 10.9. The van der Waals surface area contributed by atoms with Crippen LogP contribution in [0.25, 0.3) is 0 Å². The molecule has 2 aromatic rings. The highest BCUT2D eigenvalue weighted by Gasteiger charge is 2.09. The number of nitrogens with one attached hydrogen (secondary N) is 2. The lowest BCUT2D eigenvalue weighted by molar-refractivity contribution is 0.277. The SMILES string of the molecule is CCNC(=NCc1cccc(CN2CCCCCC2)c1)NCc1ccnn1C.I. The summed E-state index contributed by atoms with van der Waals surface area (Å²) in [6.45, 7) is 7.81. The van der Waals surface area contributed by atoms with Crippen LogP contribution in [-0.4, -0.2) is 40.3 Å². The first-order valence-corrected chi connectivity index (χ1v) is 10.5. The van der Waals surface area contributed by atoms with E-state index in [2.05, 4.69) is 51.8 Å². The van der Waals surface area contributed by atoms with Crippen LogP contribution in [0.4, 0.5) is 0 Å². The van der Waals surface area contributed by atoms with Gasteiger partial charge in [0.2, 0.25) is 0 Å². The number of aliphatic imine (C=N–C) groups is 1. The molecule has 1 aliphatic rings. The van der Waals surface area contributed by atoms with Gasteiger partial charge >= 0.3 is 0 Å². The van der Waals surface area contributed by atoms with Gasteiger partial charge in [-0.3, -0.25) is 9.58 Å². The van der Waals surface area contributed by atoms with Gasteiger partial charge in [-0.1, -0.05) is 37.1 Å². The number of guanidine groups is 1. The van der Waals surface area contributed by atoms with Crippen molar-refractivity contribution in [3.63, 3.8) is 0 Å². The highest BCUT2D eigenvalue weighted by atomic mass is 127. The van der Waals surface area contributed by atoms with E-state index in [1.165, 1.54) is 49.9 Å². The van der Waals surface area contributed by atoms with E-state index >= 15 is 0 Å². The Morgan fingerprint density at radius 1 is 1.07 bits per heavy atom. The van der Waals surface area contributed by atoms with Crippen LogP contribution in [0, 0.1) is 0 Å². The Hall–Kier alpha value is -1.61. The number of aromatic nitrogens is 2. The first-order valence-electron chi connectivity index (χ1n) is 10.5. The molecule has 1 aromatic heterocycles. The Morgan fingerprint density at radius 3 is 2.52 bits per heavy atom. The zero-order valence-corrected chi connectivity index (χ0v) is 20.1. The van der Waals surface area contributed by atoms with Crippen molar-refractivity contribution < 1.29 is 0 Å². The lowest BCUT2D eigenvalue weighted by Crippen LogP contribution is -2.37. The lowest BCUT2D eigenvalue weighted by Gasteiger charge is -2.20. The molecule has 3 rings (SSSR count). The van der Waals surface area contributed by atoms with Crippen molar-refractivity contribution in [2.24, 2.45) is 12.0 Å². The molecule has 1 aromatic carbocycles. The van der Waals surface area contributed by atoms with E-state index in [1.54, 1.807) is 0 Å². The smallest absolute Gasteiger partial charge is 0.191 e. The molecular formula is C22H35IN6. The van der Waals surface area contributed by atoms with Gasteiger partial charge in [-0.15, -0.1) is 24.0 Å². The van der Waals surface area contributed by atoms with Crippen LogP contribution in [-0.2, 0) is 26.7 Å². The number of hydrogen-bond donors (Lipinski definition) is 2. The maximum absolute atomic E-state index is 4.77. The van der Waals surface area contributed by atoms with E-state index in [-0.39, 0.29) is 24.0 Å². The van der Waals surface area contributed by atoms with Crippen LogP contribution < -0.4 is 10.6 Å². The van der Waals surface area contributed by atoms with Gasteiger partial charge in [0.05, 0.1) is 18.8 Å². The van der Waals surface area contributed by atoms with Gasteiger partial charge in [0.1, 0.15) is 0 Å². The quantitative estimate of drug-likeness (QED) is 0.339. The third-order valence-corrected chi connectivity index (χ3v) is 5.22. The molecule has 6 nitrogen and oxygen atoms in total. The Labute approximate surface area is 192 Å². The summed E-state index contributed by atoms with van der Waals surface area (Å²) in [5, 5.41) is 10.9. The summed E-state index contributed by atoms with van der Waals surface area (Å²) in [7, 11) is 1.96. The van der Waals surface area contributed by atoms with Gasteiger partial charge in [0.15, 0.2) is 5.96 Å². The standard InChI is InChI=1S/C22H34N6.HI/c1-3-23-22(25-17-21-11-12-26-27(21)2)24-16-19-9-8-10-20(15-19)18-28-13-6-4-5-7-14-28;/h8-12,15H,3-7,13-14,16-18H2,1-2H3,(H2,23,24,25);1H. The van der Waals surface area contributed by atoms with Crippen molar-refractivity contribution >= 4 is 29.9 Å². The van der Waals surface area contributed by atoms with Crippen molar-refractivity contribution in [2.75, 3.05) is 19.6 Å². The van der Waals surface area contributed by atoms with E-state index < -0.39 is 0 Å². The van der Waals surface area contributed by atoms with Crippen LogP contribution in [0.5, 0.6) is 0 Å². The molecule has 1 saturated heterocycles. The predicted octanol–water partition coefficient (Wildman–Crippen LogP) is 3.67. The molecule has 0 aliphatic carbocycles. The molecule has 1 aliphatic heterocycles. The minimum atomic E-state index is 0. The fraction of sp³-hybridized carbons (Fsp3) is 0.545. The van der Waals surface area contributed by atoms with Crippen LogP contribution in [0.3, 0.4) is 0 Å². The summed E-state index contributed by atoms with van der Waals surface area (Å²) < 4.78 is 1.88. The maximum atomic E-state index is 4.77. The highest BCUT2D eigenvalue weighted by molar-refractivity contribution is 14.0. The van der Waals surface area contributed by atoms with Crippen molar-refractivity contribution in [3.8, 4) is 0 Å². The summed E-state index contributed by atoms with van der Waals surface area (Å²) in [5.74, 6) is 0.835. The lowest BCUT2D eigenvalue weighted by atomic mass is 10.1. The molecule has 0 radical (unpaired) electrons. The largest absolute Gasteiger partial charge is 0.357 e. The predicted molar refractivity (Wildman–Crippen MR) is 130 cm³/mol. The van der Waals surface area contributed by atoms with E-state index in [0.29, 0.717) is 13.1 Å². The topological polar surface area (TPSA) is 57.5 Å². The van der Waals surface area contributed by atoms with Gasteiger partial charge in [0, 0.05) is 26.3 Å². The second-order valence-electron chi connectivity index (χ2n) is 7.51. The van der Waals surface area contributed by atoms with Gasteiger partial charge in [-0.05, 0) is 50.0 Å². The van der Waals surface area contributed by atoms with Crippen molar-refractivity contribution in [1.82, 2.24) is 25.3 Å². The van der Waals surface area contributed by atoms with Crippen LogP contribution >= 0.6 is 24.0 Å². The second kappa shape index (κ2) is 12.8. The average molecular weight is 510 g/mol. The summed E-state index contributed by atoms with van der Waals surface area (Å²) in [5.41, 5.74) is 3.78. The van der Waals surface area contributed by atoms with Crippen molar-refractivity contribution in [3.05, 3.63) is 53.3 Å². The number of halogens is 1. The minimum Gasteiger partial charge on any atom is -0.357 e. The molecule has 2 N–H and O–H groups in total. The van der Waals surface area contributed by atoms with Gasteiger partial charge in [0.25, 0.3) is 0 Å². The molecule has 1 fully saturated rings.